The molecule has 0 bridgehead atoms. The van der Waals surface area contributed by atoms with Gasteiger partial charge in [0, 0.05) is 38.6 Å². The monoisotopic (exact) mass is 326 g/mol. The smallest absolute Gasteiger partial charge is 0.314 e. The summed E-state index contributed by atoms with van der Waals surface area (Å²) in [6, 6.07) is 0.761. The van der Waals surface area contributed by atoms with Gasteiger partial charge in [-0.05, 0) is 24.1 Å². The Kier molecular flexibility index (Phi) is 5.33. The van der Waals surface area contributed by atoms with Crippen molar-refractivity contribution >= 4 is 0 Å². The van der Waals surface area contributed by atoms with Crippen molar-refractivity contribution < 1.29 is 26.3 Å². The highest BCUT2D eigenvalue weighted by Crippen LogP contribution is 2.32. The molecule has 1 aliphatic rings. The van der Waals surface area contributed by atoms with Crippen molar-refractivity contribution in [3.8, 4) is 0 Å². The summed E-state index contributed by atoms with van der Waals surface area (Å²) < 4.78 is 77.2. The fourth-order valence-electron chi connectivity index (χ4n) is 2.62. The number of hydrogen-bond donors (Lipinski definition) is 1. The Morgan fingerprint density at radius 2 is 1.59 bits per heavy atom. The highest BCUT2D eigenvalue weighted by molar-refractivity contribution is 5.23. The molecule has 1 N–H and O–H groups in total. The number of nitrogens with zero attached hydrogens (tertiary/aromatic N) is 1. The third-order valence-electron chi connectivity index (χ3n) is 3.68. The van der Waals surface area contributed by atoms with Gasteiger partial charge in [0.1, 0.15) is 0 Å². The Balaban J connectivity index is 2.26. The normalized spacial score (nSPS) is 18.5. The maximum Gasteiger partial charge on any atom is 0.389 e. The minimum atomic E-state index is -4.36. The fraction of sp³-hybridized carbons (Fsp3) is 0.571. The SMILES string of the molecule is Fc1cc([C@H](CCC(F)(F)F)N2CCNCC2)cc(F)c1F. The number of nitrogens with one attached hydrogen (secondary N) is 1. The molecule has 2 nitrogen and oxygen atoms in total. The molecule has 8 heteroatoms. The first-order valence-electron chi connectivity index (χ1n) is 6.94. The van der Waals surface area contributed by atoms with Crippen LogP contribution in [0.1, 0.15) is 24.4 Å². The lowest BCUT2D eigenvalue weighted by Gasteiger charge is -2.35. The van der Waals surface area contributed by atoms with Crippen LogP contribution in [-0.2, 0) is 0 Å². The average molecular weight is 326 g/mol. The molecule has 124 valence electrons. The van der Waals surface area contributed by atoms with Crippen LogP contribution in [0, 0.1) is 17.5 Å². The zero-order valence-corrected chi connectivity index (χ0v) is 11.7. The summed E-state index contributed by atoms with van der Waals surface area (Å²) in [6.45, 7) is 2.08. The maximum atomic E-state index is 13.4. The van der Waals surface area contributed by atoms with Gasteiger partial charge >= 0.3 is 6.18 Å². The molecule has 0 unspecified atom stereocenters. The van der Waals surface area contributed by atoms with Crippen molar-refractivity contribution in [3.63, 3.8) is 0 Å². The number of rotatable bonds is 4. The van der Waals surface area contributed by atoms with E-state index in [1.807, 2.05) is 0 Å². The van der Waals surface area contributed by atoms with Crippen molar-refractivity contribution in [2.45, 2.75) is 25.1 Å². The molecular weight excluding hydrogens is 310 g/mol. The van der Waals surface area contributed by atoms with Crippen molar-refractivity contribution in [2.24, 2.45) is 0 Å². The first kappa shape index (κ1) is 17.1. The van der Waals surface area contributed by atoms with Crippen LogP contribution in [0.2, 0.25) is 0 Å². The van der Waals surface area contributed by atoms with Gasteiger partial charge in [0.2, 0.25) is 0 Å². The summed E-state index contributed by atoms with van der Waals surface area (Å²) in [5.74, 6) is -4.39. The van der Waals surface area contributed by atoms with E-state index in [1.165, 1.54) is 0 Å². The molecular formula is C14H16F6N2. The molecule has 2 rings (SSSR count). The molecule has 1 atom stereocenters. The zero-order chi connectivity index (χ0) is 16.3. The van der Waals surface area contributed by atoms with Gasteiger partial charge in [-0.3, -0.25) is 4.90 Å². The third-order valence-corrected chi connectivity index (χ3v) is 3.68. The van der Waals surface area contributed by atoms with Crippen molar-refractivity contribution in [3.05, 3.63) is 35.1 Å². The molecule has 0 spiro atoms. The first-order valence-corrected chi connectivity index (χ1v) is 6.94. The molecule has 1 aromatic carbocycles. The minimum Gasteiger partial charge on any atom is -0.314 e. The summed E-state index contributed by atoms with van der Waals surface area (Å²) in [5, 5.41) is 3.05. The Labute approximate surface area is 124 Å². The average Bonchev–Trinajstić information content (AvgIpc) is 2.45. The Hall–Kier alpha value is -1.28. The molecule has 1 aliphatic heterocycles. The van der Waals surface area contributed by atoms with Gasteiger partial charge in [0.25, 0.3) is 0 Å². The molecule has 0 aliphatic carbocycles. The largest absolute Gasteiger partial charge is 0.389 e. The van der Waals surface area contributed by atoms with Crippen LogP contribution in [0.3, 0.4) is 0 Å². The lowest BCUT2D eigenvalue weighted by Crippen LogP contribution is -2.45. The summed E-state index contributed by atoms with van der Waals surface area (Å²) in [4.78, 5) is 1.73. The molecule has 1 fully saturated rings. The Morgan fingerprint density at radius 1 is 1.05 bits per heavy atom. The number of piperazine rings is 1. The summed E-state index contributed by atoms with van der Waals surface area (Å²) in [6.07, 6.45) is -5.75. The van der Waals surface area contributed by atoms with Crippen LogP contribution in [0.5, 0.6) is 0 Å². The van der Waals surface area contributed by atoms with E-state index < -0.39 is 36.1 Å². The first-order chi connectivity index (χ1) is 10.3. The molecule has 1 heterocycles. The van der Waals surface area contributed by atoms with Crippen LogP contribution in [-0.4, -0.2) is 37.3 Å². The molecule has 0 saturated carbocycles. The fourth-order valence-corrected chi connectivity index (χ4v) is 2.62. The van der Waals surface area contributed by atoms with Gasteiger partial charge in [-0.1, -0.05) is 0 Å². The van der Waals surface area contributed by atoms with Crippen LogP contribution in [0.25, 0.3) is 0 Å². The molecule has 22 heavy (non-hydrogen) atoms. The van der Waals surface area contributed by atoms with Crippen molar-refractivity contribution in [2.75, 3.05) is 26.2 Å². The summed E-state index contributed by atoms with van der Waals surface area (Å²) >= 11 is 0. The van der Waals surface area contributed by atoms with Crippen molar-refractivity contribution in [1.29, 1.82) is 0 Å². The number of hydrogen-bond acceptors (Lipinski definition) is 2. The standard InChI is InChI=1S/C14H16F6N2/c15-10-7-9(8-11(16)13(10)17)12(1-2-14(18,19)20)22-5-3-21-4-6-22/h7-8,12,21H,1-6H2/t12-/m0/s1. The van der Waals surface area contributed by atoms with Gasteiger partial charge in [-0.25, -0.2) is 13.2 Å². The van der Waals surface area contributed by atoms with Gasteiger partial charge in [0.05, 0.1) is 0 Å². The maximum absolute atomic E-state index is 13.4. The Morgan fingerprint density at radius 3 is 2.09 bits per heavy atom. The van der Waals surface area contributed by atoms with Gasteiger partial charge < -0.3 is 5.32 Å². The van der Waals surface area contributed by atoms with E-state index in [2.05, 4.69) is 5.32 Å². The molecule has 0 amide bonds. The predicted molar refractivity (Wildman–Crippen MR) is 68.8 cm³/mol. The zero-order valence-electron chi connectivity index (χ0n) is 11.7. The minimum absolute atomic E-state index is 0.0301. The number of halogens is 6. The van der Waals surface area contributed by atoms with E-state index in [0.717, 1.165) is 12.1 Å². The summed E-state index contributed by atoms with van der Waals surface area (Å²) in [5.41, 5.74) is 0.0301. The molecule has 1 saturated heterocycles. The topological polar surface area (TPSA) is 15.3 Å². The van der Waals surface area contributed by atoms with Crippen LogP contribution >= 0.6 is 0 Å². The van der Waals surface area contributed by atoms with E-state index in [9.17, 15) is 26.3 Å². The van der Waals surface area contributed by atoms with Gasteiger partial charge in [-0.15, -0.1) is 0 Å². The van der Waals surface area contributed by atoms with E-state index in [-0.39, 0.29) is 12.0 Å². The molecule has 0 radical (unpaired) electrons. The molecule has 0 aromatic heterocycles. The van der Waals surface area contributed by atoms with E-state index in [0.29, 0.717) is 26.2 Å². The van der Waals surface area contributed by atoms with E-state index in [1.54, 1.807) is 4.90 Å². The van der Waals surface area contributed by atoms with Crippen LogP contribution in [0.4, 0.5) is 26.3 Å². The second-order valence-electron chi connectivity index (χ2n) is 5.25. The van der Waals surface area contributed by atoms with Crippen LogP contribution in [0.15, 0.2) is 12.1 Å². The van der Waals surface area contributed by atoms with Gasteiger partial charge in [0.15, 0.2) is 17.5 Å². The number of benzene rings is 1. The second-order valence-corrected chi connectivity index (χ2v) is 5.25. The number of alkyl halides is 3. The highest BCUT2D eigenvalue weighted by Gasteiger charge is 2.32. The Bertz CT molecular complexity index is 488. The quantitative estimate of drug-likeness (QED) is 0.674. The predicted octanol–water partition coefficient (Wildman–Crippen LogP) is 3.39. The highest BCUT2D eigenvalue weighted by atomic mass is 19.4. The van der Waals surface area contributed by atoms with Crippen LogP contribution < -0.4 is 5.32 Å². The molecule has 1 aromatic rings. The summed E-state index contributed by atoms with van der Waals surface area (Å²) in [7, 11) is 0. The second kappa shape index (κ2) is 6.87. The lowest BCUT2D eigenvalue weighted by molar-refractivity contribution is -0.138. The lowest BCUT2D eigenvalue weighted by atomic mass is 9.98. The van der Waals surface area contributed by atoms with Gasteiger partial charge in [-0.2, -0.15) is 13.2 Å². The van der Waals surface area contributed by atoms with E-state index >= 15 is 0 Å². The van der Waals surface area contributed by atoms with Crippen molar-refractivity contribution in [1.82, 2.24) is 10.2 Å². The van der Waals surface area contributed by atoms with E-state index in [4.69, 9.17) is 0 Å². The third kappa shape index (κ3) is 4.36.